The molecule has 0 aliphatic carbocycles. The van der Waals surface area contributed by atoms with Crippen LogP contribution in [0.25, 0.3) is 10.6 Å². The zero-order valence-corrected chi connectivity index (χ0v) is 24.3. The van der Waals surface area contributed by atoms with Gasteiger partial charge in [-0.1, -0.05) is 45.0 Å². The predicted molar refractivity (Wildman–Crippen MR) is 144 cm³/mol. The number of rotatable bonds is 12. The molecule has 10 nitrogen and oxygen atoms in total. The maximum atomic E-state index is 12.9. The van der Waals surface area contributed by atoms with Crippen molar-refractivity contribution in [3.05, 3.63) is 40.9 Å². The monoisotopic (exact) mass is 551 g/mol. The number of amides is 2. The van der Waals surface area contributed by atoms with Crippen molar-refractivity contribution in [3.8, 4) is 10.6 Å². The molecule has 0 aliphatic heterocycles. The SMILES string of the molecule is COCCOC(=O)NCc1ccc(-c2nc(C(=O)N[C@@H](CO[Si](C)(C)C(C)(C)C)C(=O)OC)cs2)cc1. The van der Waals surface area contributed by atoms with Crippen molar-refractivity contribution in [2.24, 2.45) is 0 Å². The minimum Gasteiger partial charge on any atom is -0.467 e. The summed E-state index contributed by atoms with van der Waals surface area (Å²) in [4.78, 5) is 41.2. The first-order valence-corrected chi connectivity index (χ1v) is 15.6. The number of alkyl carbamates (subject to hydrolysis) is 1. The molecule has 0 radical (unpaired) electrons. The van der Waals surface area contributed by atoms with E-state index in [2.05, 4.69) is 49.5 Å². The van der Waals surface area contributed by atoms with Gasteiger partial charge in [-0.15, -0.1) is 11.3 Å². The van der Waals surface area contributed by atoms with Crippen LogP contribution in [0.2, 0.25) is 18.1 Å². The maximum absolute atomic E-state index is 12.9. The molecule has 2 amide bonds. The number of methoxy groups -OCH3 is 2. The Kier molecular flexibility index (Phi) is 11.2. The lowest BCUT2D eigenvalue weighted by Crippen LogP contribution is -2.49. The van der Waals surface area contributed by atoms with Crippen LogP contribution in [0, 0.1) is 0 Å². The molecule has 1 aromatic heterocycles. The number of benzene rings is 1. The number of aromatic nitrogens is 1. The minimum atomic E-state index is -2.13. The van der Waals surface area contributed by atoms with Gasteiger partial charge in [-0.05, 0) is 23.7 Å². The van der Waals surface area contributed by atoms with E-state index < -0.39 is 32.3 Å². The number of hydrogen-bond donors (Lipinski definition) is 2. The second-order valence-corrected chi connectivity index (χ2v) is 15.5. The molecular formula is C25H37N3O7SSi. The van der Waals surface area contributed by atoms with Crippen molar-refractivity contribution in [2.45, 2.75) is 51.5 Å². The fourth-order valence-electron chi connectivity index (χ4n) is 2.77. The van der Waals surface area contributed by atoms with Crippen molar-refractivity contribution in [1.29, 1.82) is 0 Å². The summed E-state index contributed by atoms with van der Waals surface area (Å²) in [5.41, 5.74) is 1.90. The molecule has 1 heterocycles. The number of hydrogen-bond acceptors (Lipinski definition) is 9. The molecule has 37 heavy (non-hydrogen) atoms. The van der Waals surface area contributed by atoms with Gasteiger partial charge in [0.1, 0.15) is 23.4 Å². The summed E-state index contributed by atoms with van der Waals surface area (Å²) in [6, 6.07) is 6.50. The normalized spacial score (nSPS) is 12.5. The van der Waals surface area contributed by atoms with E-state index >= 15 is 0 Å². The van der Waals surface area contributed by atoms with Crippen LogP contribution in [-0.4, -0.2) is 71.4 Å². The average molecular weight is 552 g/mol. The summed E-state index contributed by atoms with van der Waals surface area (Å²) in [7, 11) is 0.680. The van der Waals surface area contributed by atoms with Gasteiger partial charge in [0, 0.05) is 24.6 Å². The Balaban J connectivity index is 1.99. The summed E-state index contributed by atoms with van der Waals surface area (Å²) < 4.78 is 20.8. The highest BCUT2D eigenvalue weighted by atomic mass is 32.1. The molecule has 0 aliphatic rings. The number of carbonyl (C=O) groups excluding carboxylic acids is 3. The lowest BCUT2D eigenvalue weighted by atomic mass is 10.1. The van der Waals surface area contributed by atoms with Crippen molar-refractivity contribution >= 4 is 37.6 Å². The molecular weight excluding hydrogens is 514 g/mol. The molecule has 2 N–H and O–H groups in total. The number of nitrogens with one attached hydrogen (secondary N) is 2. The third kappa shape index (κ3) is 9.22. The van der Waals surface area contributed by atoms with Crippen LogP contribution in [0.15, 0.2) is 29.6 Å². The first-order valence-electron chi connectivity index (χ1n) is 11.8. The molecule has 2 aromatic rings. The Morgan fingerprint density at radius 2 is 1.76 bits per heavy atom. The third-order valence-electron chi connectivity index (χ3n) is 6.10. The highest BCUT2D eigenvalue weighted by Gasteiger charge is 2.38. The highest BCUT2D eigenvalue weighted by Crippen LogP contribution is 2.36. The van der Waals surface area contributed by atoms with Crippen LogP contribution in [0.3, 0.4) is 0 Å². The minimum absolute atomic E-state index is 0.0291. The van der Waals surface area contributed by atoms with E-state index in [-0.39, 0.29) is 23.9 Å². The van der Waals surface area contributed by atoms with Crippen LogP contribution >= 0.6 is 11.3 Å². The van der Waals surface area contributed by atoms with E-state index in [9.17, 15) is 14.4 Å². The molecule has 0 fully saturated rings. The molecule has 204 valence electrons. The zero-order chi connectivity index (χ0) is 27.6. The van der Waals surface area contributed by atoms with Gasteiger partial charge in [0.15, 0.2) is 8.32 Å². The van der Waals surface area contributed by atoms with E-state index in [1.165, 1.54) is 25.6 Å². The van der Waals surface area contributed by atoms with Crippen molar-refractivity contribution in [1.82, 2.24) is 15.6 Å². The smallest absolute Gasteiger partial charge is 0.407 e. The van der Waals surface area contributed by atoms with Crippen molar-refractivity contribution in [3.63, 3.8) is 0 Å². The van der Waals surface area contributed by atoms with Gasteiger partial charge < -0.3 is 29.3 Å². The van der Waals surface area contributed by atoms with Crippen LogP contribution < -0.4 is 10.6 Å². The lowest BCUT2D eigenvalue weighted by molar-refractivity contribution is -0.143. The summed E-state index contributed by atoms with van der Waals surface area (Å²) in [5, 5.41) is 7.61. The number of ether oxygens (including phenoxy) is 3. The largest absolute Gasteiger partial charge is 0.467 e. The van der Waals surface area contributed by atoms with Gasteiger partial charge in [-0.2, -0.15) is 0 Å². The topological polar surface area (TPSA) is 125 Å². The molecule has 0 unspecified atom stereocenters. The second kappa shape index (κ2) is 13.7. The standard InChI is InChI=1S/C25H37N3O7SSi/c1-25(2,3)37(6,7)35-15-19(23(30)33-5)27-21(29)20-16-36-22(28-20)18-10-8-17(9-11-18)14-26-24(31)34-13-12-32-4/h8-11,16,19H,12-15H2,1-7H3,(H,26,31)(H,27,29)/t19-/m0/s1. The molecule has 2 rings (SSSR count). The number of nitrogens with zero attached hydrogens (tertiary/aromatic N) is 1. The van der Waals surface area contributed by atoms with Crippen LogP contribution in [-0.2, 0) is 30.0 Å². The van der Waals surface area contributed by atoms with E-state index in [0.717, 1.165) is 11.1 Å². The Morgan fingerprint density at radius 3 is 2.35 bits per heavy atom. The molecule has 0 saturated heterocycles. The molecule has 1 aromatic carbocycles. The molecule has 0 spiro atoms. The summed E-state index contributed by atoms with van der Waals surface area (Å²) >= 11 is 1.31. The molecule has 0 saturated carbocycles. The van der Waals surface area contributed by atoms with Crippen LogP contribution in [0.5, 0.6) is 0 Å². The fraction of sp³-hybridized carbons (Fsp3) is 0.520. The average Bonchev–Trinajstić information content (AvgIpc) is 3.35. The fourth-order valence-corrected chi connectivity index (χ4v) is 4.59. The summed E-state index contributed by atoms with van der Waals surface area (Å²) in [5.74, 6) is -1.06. The van der Waals surface area contributed by atoms with Gasteiger partial charge in [0.2, 0.25) is 0 Å². The van der Waals surface area contributed by atoms with E-state index in [1.54, 1.807) is 5.38 Å². The first-order chi connectivity index (χ1) is 17.4. The Labute approximate surface area is 223 Å². The Morgan fingerprint density at radius 1 is 1.08 bits per heavy atom. The van der Waals surface area contributed by atoms with E-state index in [0.29, 0.717) is 18.2 Å². The number of carbonyl (C=O) groups is 3. The van der Waals surface area contributed by atoms with Gasteiger partial charge in [0.05, 0.1) is 20.3 Å². The molecule has 12 heteroatoms. The number of thiazole rings is 1. The summed E-state index contributed by atoms with van der Waals surface area (Å²) in [6.45, 7) is 11.3. The lowest BCUT2D eigenvalue weighted by Gasteiger charge is -2.37. The highest BCUT2D eigenvalue weighted by molar-refractivity contribution is 7.13. The second-order valence-electron chi connectivity index (χ2n) is 9.84. The maximum Gasteiger partial charge on any atom is 0.407 e. The van der Waals surface area contributed by atoms with Crippen molar-refractivity contribution in [2.75, 3.05) is 34.0 Å². The van der Waals surface area contributed by atoms with Gasteiger partial charge in [-0.25, -0.2) is 14.6 Å². The van der Waals surface area contributed by atoms with Crippen LogP contribution in [0.1, 0.15) is 36.8 Å². The third-order valence-corrected chi connectivity index (χ3v) is 11.5. The Hall–Kier alpha value is -2.80. The predicted octanol–water partition coefficient (Wildman–Crippen LogP) is 3.98. The quantitative estimate of drug-likeness (QED) is 0.231. The van der Waals surface area contributed by atoms with Crippen LogP contribution in [0.4, 0.5) is 4.79 Å². The van der Waals surface area contributed by atoms with E-state index in [1.807, 2.05) is 24.3 Å². The van der Waals surface area contributed by atoms with Gasteiger partial charge >= 0.3 is 12.1 Å². The first kappa shape index (κ1) is 30.4. The summed E-state index contributed by atoms with van der Waals surface area (Å²) in [6.07, 6.45) is -0.517. The van der Waals surface area contributed by atoms with Crippen molar-refractivity contribution < 1.29 is 33.0 Å². The Bertz CT molecular complexity index is 1050. The van der Waals surface area contributed by atoms with Gasteiger partial charge in [-0.3, -0.25) is 4.79 Å². The molecule has 0 bridgehead atoms. The van der Waals surface area contributed by atoms with Gasteiger partial charge in [0.25, 0.3) is 5.91 Å². The van der Waals surface area contributed by atoms with E-state index in [4.69, 9.17) is 18.6 Å². The zero-order valence-electron chi connectivity index (χ0n) is 22.5. The number of esters is 1. The molecule has 1 atom stereocenters.